The highest BCUT2D eigenvalue weighted by Crippen LogP contribution is 2.34. The minimum atomic E-state index is -0.845. The van der Waals surface area contributed by atoms with Crippen molar-refractivity contribution in [2.75, 3.05) is 36.5 Å². The number of carbonyl (C=O) groups is 1. The predicted molar refractivity (Wildman–Crippen MR) is 152 cm³/mol. The number of esters is 1. The smallest absolute Gasteiger partial charge is 0.343 e. The van der Waals surface area contributed by atoms with Crippen molar-refractivity contribution in [1.82, 2.24) is 9.55 Å². The predicted octanol–water partition coefficient (Wildman–Crippen LogP) is 5.16. The Balaban J connectivity index is 1.47. The highest BCUT2D eigenvalue weighted by molar-refractivity contribution is 5.95. The van der Waals surface area contributed by atoms with E-state index >= 15 is 8.78 Å². The summed E-state index contributed by atoms with van der Waals surface area (Å²) in [7, 11) is 0. The lowest BCUT2D eigenvalue weighted by Crippen LogP contribution is -2.35. The van der Waals surface area contributed by atoms with Gasteiger partial charge in [0.05, 0.1) is 29.5 Å². The van der Waals surface area contributed by atoms with Crippen molar-refractivity contribution in [2.24, 2.45) is 0 Å². The standard InChI is InChI=1S/C31H30F2N4O4/c1-3-40-31(39)22-16-37(25-9-8-24-20(28(25)33)10-12-34-24)26-15-27(23(32)14-21(26)29(22)38)36-13-5-7-19(36)17-41-30-18(2)6-4-11-35-30/h4,6,8-9,11,14-16,19,34H,3,5,7,10,12-13,17H2,1-2H3/t19-/m1/s1. The molecular weight excluding hydrogens is 530 g/mol. The van der Waals surface area contributed by atoms with E-state index in [4.69, 9.17) is 9.47 Å². The van der Waals surface area contributed by atoms with E-state index in [-0.39, 0.29) is 40.5 Å². The van der Waals surface area contributed by atoms with Crippen LogP contribution in [0.4, 0.5) is 20.2 Å². The van der Waals surface area contributed by atoms with Gasteiger partial charge in [0, 0.05) is 47.7 Å². The second-order valence-electron chi connectivity index (χ2n) is 10.3. The van der Waals surface area contributed by atoms with Crippen molar-refractivity contribution in [1.29, 1.82) is 0 Å². The summed E-state index contributed by atoms with van der Waals surface area (Å²) in [6, 6.07) is 9.68. The monoisotopic (exact) mass is 560 g/mol. The number of anilines is 2. The second-order valence-corrected chi connectivity index (χ2v) is 10.3. The molecule has 10 heteroatoms. The molecule has 4 aromatic rings. The van der Waals surface area contributed by atoms with Gasteiger partial charge in [-0.15, -0.1) is 0 Å². The van der Waals surface area contributed by atoms with E-state index in [2.05, 4.69) is 10.3 Å². The van der Waals surface area contributed by atoms with Gasteiger partial charge in [-0.05, 0) is 63.4 Å². The van der Waals surface area contributed by atoms with E-state index in [0.717, 1.165) is 24.5 Å². The first-order chi connectivity index (χ1) is 19.9. The number of aromatic nitrogens is 2. The molecule has 1 atom stereocenters. The number of fused-ring (bicyclic) bond motifs is 2. The molecule has 212 valence electrons. The molecule has 1 N–H and O–H groups in total. The Kier molecular flexibility index (Phi) is 7.07. The number of benzene rings is 2. The van der Waals surface area contributed by atoms with E-state index in [1.807, 2.05) is 24.0 Å². The van der Waals surface area contributed by atoms with Gasteiger partial charge in [-0.2, -0.15) is 0 Å². The number of pyridine rings is 2. The molecule has 8 nitrogen and oxygen atoms in total. The maximum Gasteiger partial charge on any atom is 0.343 e. The van der Waals surface area contributed by atoms with Crippen LogP contribution < -0.4 is 20.4 Å². The summed E-state index contributed by atoms with van der Waals surface area (Å²) >= 11 is 0. The molecule has 0 aliphatic carbocycles. The third kappa shape index (κ3) is 4.77. The molecule has 2 aliphatic heterocycles. The van der Waals surface area contributed by atoms with Gasteiger partial charge >= 0.3 is 5.97 Å². The lowest BCUT2D eigenvalue weighted by atomic mass is 10.1. The summed E-state index contributed by atoms with van der Waals surface area (Å²) in [5, 5.41) is 3.12. The maximum absolute atomic E-state index is 15.8. The second kappa shape index (κ2) is 10.8. The normalized spacial score (nSPS) is 16.1. The third-order valence-corrected chi connectivity index (χ3v) is 7.80. The van der Waals surface area contributed by atoms with Gasteiger partial charge in [0.15, 0.2) is 5.82 Å². The topological polar surface area (TPSA) is 85.7 Å². The number of hydrogen-bond donors (Lipinski definition) is 1. The zero-order valence-electron chi connectivity index (χ0n) is 22.9. The summed E-state index contributed by atoms with van der Waals surface area (Å²) in [4.78, 5) is 32.3. The number of halogens is 2. The van der Waals surface area contributed by atoms with E-state index in [9.17, 15) is 9.59 Å². The van der Waals surface area contributed by atoms with Crippen molar-refractivity contribution >= 4 is 28.2 Å². The third-order valence-electron chi connectivity index (χ3n) is 7.80. The fraction of sp³-hybridized carbons (Fsp3) is 0.323. The molecule has 0 spiro atoms. The molecule has 0 bridgehead atoms. The van der Waals surface area contributed by atoms with Gasteiger partial charge in [0.1, 0.15) is 18.0 Å². The van der Waals surface area contributed by atoms with Gasteiger partial charge in [-0.25, -0.2) is 18.6 Å². The van der Waals surface area contributed by atoms with Crippen LogP contribution in [-0.4, -0.2) is 47.9 Å². The number of rotatable bonds is 7. The molecule has 41 heavy (non-hydrogen) atoms. The number of hydrogen-bond acceptors (Lipinski definition) is 7. The Labute approximate surface area is 235 Å². The van der Waals surface area contributed by atoms with E-state index in [1.165, 1.54) is 10.8 Å². The molecule has 2 aromatic heterocycles. The molecule has 1 saturated heterocycles. The van der Waals surface area contributed by atoms with Crippen molar-refractivity contribution in [3.63, 3.8) is 0 Å². The Bertz CT molecular complexity index is 1720. The fourth-order valence-corrected chi connectivity index (χ4v) is 5.76. The van der Waals surface area contributed by atoms with Gasteiger partial charge in [-0.1, -0.05) is 6.07 Å². The zero-order valence-corrected chi connectivity index (χ0v) is 22.9. The molecule has 6 rings (SSSR count). The van der Waals surface area contributed by atoms with Gasteiger partial charge < -0.3 is 24.3 Å². The maximum atomic E-state index is 15.8. The Morgan fingerprint density at radius 2 is 2.05 bits per heavy atom. The fourth-order valence-electron chi connectivity index (χ4n) is 5.76. The first-order valence-corrected chi connectivity index (χ1v) is 13.8. The number of ether oxygens (including phenoxy) is 2. The van der Waals surface area contributed by atoms with Gasteiger partial charge in [0.2, 0.25) is 11.3 Å². The first kappa shape index (κ1) is 26.7. The Hall–Kier alpha value is -4.47. The quantitative estimate of drug-likeness (QED) is 0.313. The molecular formula is C31H30F2N4O4. The Morgan fingerprint density at radius 3 is 2.85 bits per heavy atom. The van der Waals surface area contributed by atoms with E-state index in [0.29, 0.717) is 43.2 Å². The van der Waals surface area contributed by atoms with Crippen LogP contribution >= 0.6 is 0 Å². The molecule has 0 amide bonds. The summed E-state index contributed by atoms with van der Waals surface area (Å²) in [5.41, 5.74) is 1.90. The van der Waals surface area contributed by atoms with Gasteiger partial charge in [-0.3, -0.25) is 4.79 Å². The van der Waals surface area contributed by atoms with Crippen LogP contribution in [0.15, 0.2) is 53.6 Å². The molecule has 2 aliphatic rings. The van der Waals surface area contributed by atoms with Crippen LogP contribution in [-0.2, 0) is 11.2 Å². The van der Waals surface area contributed by atoms with Crippen LogP contribution in [0.25, 0.3) is 16.6 Å². The average Bonchev–Trinajstić information content (AvgIpc) is 3.64. The largest absolute Gasteiger partial charge is 0.475 e. The number of nitrogens with one attached hydrogen (secondary N) is 1. The summed E-state index contributed by atoms with van der Waals surface area (Å²) in [5.74, 6) is -1.39. The number of aryl methyl sites for hydroxylation is 1. The van der Waals surface area contributed by atoms with Gasteiger partial charge in [0.25, 0.3) is 0 Å². The molecule has 0 radical (unpaired) electrons. The van der Waals surface area contributed by atoms with Crippen molar-refractivity contribution in [2.45, 2.75) is 39.2 Å². The first-order valence-electron chi connectivity index (χ1n) is 13.8. The van der Waals surface area contributed by atoms with Crippen molar-refractivity contribution in [3.05, 3.63) is 87.3 Å². The van der Waals surface area contributed by atoms with Crippen LogP contribution in [0.2, 0.25) is 0 Å². The minimum absolute atomic E-state index is 0.0362. The molecule has 1 fully saturated rings. The Morgan fingerprint density at radius 1 is 1.20 bits per heavy atom. The van der Waals surface area contributed by atoms with Crippen LogP contribution in [0.1, 0.15) is 41.3 Å². The average molecular weight is 561 g/mol. The van der Waals surface area contributed by atoms with Crippen LogP contribution in [0.3, 0.4) is 0 Å². The summed E-state index contributed by atoms with van der Waals surface area (Å²) < 4.78 is 44.2. The van der Waals surface area contributed by atoms with Crippen molar-refractivity contribution in [3.8, 4) is 11.6 Å². The van der Waals surface area contributed by atoms with Crippen molar-refractivity contribution < 1.29 is 23.0 Å². The lowest BCUT2D eigenvalue weighted by molar-refractivity contribution is 0.0524. The lowest BCUT2D eigenvalue weighted by Gasteiger charge is -2.28. The zero-order chi connectivity index (χ0) is 28.7. The highest BCUT2D eigenvalue weighted by Gasteiger charge is 2.30. The number of nitrogens with zero attached hydrogens (tertiary/aromatic N) is 3. The summed E-state index contributed by atoms with van der Waals surface area (Å²) in [6.45, 7) is 5.09. The SMILES string of the molecule is CCOC(=O)c1cn(-c2ccc3c(c2F)CCN3)c2cc(N3CCC[C@@H]3COc3ncccc3C)c(F)cc2c1=O. The molecule has 4 heterocycles. The van der Waals surface area contributed by atoms with E-state index in [1.54, 1.807) is 31.3 Å². The summed E-state index contributed by atoms with van der Waals surface area (Å²) in [6.07, 6.45) is 5.07. The van der Waals surface area contributed by atoms with Crippen LogP contribution in [0.5, 0.6) is 5.88 Å². The van der Waals surface area contributed by atoms with Crippen LogP contribution in [0, 0.1) is 18.6 Å². The molecule has 2 aromatic carbocycles. The number of carbonyl (C=O) groups excluding carboxylic acids is 1. The van der Waals surface area contributed by atoms with E-state index < -0.39 is 23.0 Å². The molecule has 0 saturated carbocycles. The minimum Gasteiger partial charge on any atom is -0.475 e. The highest BCUT2D eigenvalue weighted by atomic mass is 19.1. The molecule has 0 unspecified atom stereocenters.